The van der Waals surface area contributed by atoms with Crippen LogP contribution < -0.4 is 11.1 Å². The summed E-state index contributed by atoms with van der Waals surface area (Å²) in [6.07, 6.45) is 1.24. The largest absolute Gasteiger partial charge is 0.326 e. The molecule has 1 heterocycles. The molecule has 0 saturated heterocycles. The molecule has 0 aliphatic carbocycles. The Morgan fingerprint density at radius 2 is 2.00 bits per heavy atom. The standard InChI is InChI=1S/C14H19ClN2O/c1-14(2,3)13(16)10-7-9(15)6-8-4-5-11(18)17-12(8)10/h6-7,13H,4-5,16H2,1-3H3,(H,17,18). The Morgan fingerprint density at radius 1 is 1.33 bits per heavy atom. The van der Waals surface area contributed by atoms with Gasteiger partial charge in [-0.05, 0) is 35.1 Å². The molecule has 1 aromatic carbocycles. The molecular weight excluding hydrogens is 248 g/mol. The maximum absolute atomic E-state index is 11.6. The molecule has 0 bridgehead atoms. The number of fused-ring (bicyclic) bond motifs is 1. The Bertz CT molecular complexity index is 491. The predicted octanol–water partition coefficient (Wildman–Crippen LogP) is 3.27. The number of nitrogens with two attached hydrogens (primary N) is 1. The molecule has 1 amide bonds. The van der Waals surface area contributed by atoms with Crippen molar-refractivity contribution in [2.75, 3.05) is 5.32 Å². The van der Waals surface area contributed by atoms with E-state index in [0.29, 0.717) is 11.4 Å². The highest BCUT2D eigenvalue weighted by Crippen LogP contribution is 2.39. The molecule has 1 aliphatic rings. The van der Waals surface area contributed by atoms with Gasteiger partial charge in [-0.15, -0.1) is 0 Å². The van der Waals surface area contributed by atoms with Crippen LogP contribution in [-0.2, 0) is 11.2 Å². The van der Waals surface area contributed by atoms with Crippen LogP contribution in [0, 0.1) is 5.41 Å². The molecule has 1 unspecified atom stereocenters. The van der Waals surface area contributed by atoms with Gasteiger partial charge in [0.25, 0.3) is 0 Å². The molecule has 1 atom stereocenters. The zero-order valence-electron chi connectivity index (χ0n) is 11.0. The third kappa shape index (κ3) is 2.52. The van der Waals surface area contributed by atoms with E-state index < -0.39 is 0 Å². The van der Waals surface area contributed by atoms with Crippen molar-refractivity contribution in [3.05, 3.63) is 28.3 Å². The Hall–Kier alpha value is -1.06. The fraction of sp³-hybridized carbons (Fsp3) is 0.500. The number of hydrogen-bond donors (Lipinski definition) is 2. The first-order valence-electron chi connectivity index (χ1n) is 6.17. The average Bonchev–Trinajstić information content (AvgIpc) is 2.26. The molecule has 0 aromatic heterocycles. The Morgan fingerprint density at radius 3 is 2.61 bits per heavy atom. The number of hydrogen-bond acceptors (Lipinski definition) is 2. The lowest BCUT2D eigenvalue weighted by Crippen LogP contribution is -2.29. The Kier molecular flexibility index (Phi) is 3.39. The fourth-order valence-corrected chi connectivity index (χ4v) is 2.45. The molecule has 4 heteroatoms. The van der Waals surface area contributed by atoms with Crippen molar-refractivity contribution in [3.8, 4) is 0 Å². The minimum absolute atomic E-state index is 0.0483. The molecule has 0 fully saturated rings. The minimum atomic E-state index is -0.164. The predicted molar refractivity (Wildman–Crippen MR) is 74.8 cm³/mol. The van der Waals surface area contributed by atoms with Crippen LogP contribution in [0.4, 0.5) is 5.69 Å². The lowest BCUT2D eigenvalue weighted by molar-refractivity contribution is -0.116. The second-order valence-electron chi connectivity index (χ2n) is 5.92. The van der Waals surface area contributed by atoms with Gasteiger partial charge in [0.05, 0.1) is 0 Å². The summed E-state index contributed by atoms with van der Waals surface area (Å²) in [5.41, 5.74) is 9.09. The van der Waals surface area contributed by atoms with Crippen LogP contribution in [0.25, 0.3) is 0 Å². The monoisotopic (exact) mass is 266 g/mol. The van der Waals surface area contributed by atoms with E-state index in [2.05, 4.69) is 26.1 Å². The van der Waals surface area contributed by atoms with Crippen LogP contribution in [0.15, 0.2) is 12.1 Å². The highest BCUT2D eigenvalue weighted by molar-refractivity contribution is 6.31. The Balaban J connectivity index is 2.53. The SMILES string of the molecule is CC(C)(C)C(N)c1cc(Cl)cc2c1NC(=O)CC2. The number of anilines is 1. The number of carbonyl (C=O) groups is 1. The van der Waals surface area contributed by atoms with Crippen LogP contribution in [0.3, 0.4) is 0 Å². The molecule has 2 rings (SSSR count). The maximum atomic E-state index is 11.6. The van der Waals surface area contributed by atoms with E-state index in [1.165, 1.54) is 0 Å². The zero-order chi connectivity index (χ0) is 13.5. The van der Waals surface area contributed by atoms with Crippen LogP contribution in [0.1, 0.15) is 44.4 Å². The van der Waals surface area contributed by atoms with Gasteiger partial charge in [0, 0.05) is 23.2 Å². The van der Waals surface area contributed by atoms with Crippen LogP contribution in [0.2, 0.25) is 5.02 Å². The smallest absolute Gasteiger partial charge is 0.224 e. The van der Waals surface area contributed by atoms with Gasteiger partial charge in [-0.1, -0.05) is 32.4 Å². The number of carbonyl (C=O) groups excluding carboxylic acids is 1. The van der Waals surface area contributed by atoms with Crippen LogP contribution in [-0.4, -0.2) is 5.91 Å². The minimum Gasteiger partial charge on any atom is -0.326 e. The first kappa shape index (κ1) is 13.4. The molecule has 3 N–H and O–H groups in total. The van der Waals surface area contributed by atoms with Crippen molar-refractivity contribution in [3.63, 3.8) is 0 Å². The van der Waals surface area contributed by atoms with E-state index in [9.17, 15) is 4.79 Å². The van der Waals surface area contributed by atoms with Gasteiger partial charge in [0.2, 0.25) is 5.91 Å². The first-order valence-corrected chi connectivity index (χ1v) is 6.54. The van der Waals surface area contributed by atoms with E-state index in [1.807, 2.05) is 12.1 Å². The van der Waals surface area contributed by atoms with E-state index in [0.717, 1.165) is 23.2 Å². The van der Waals surface area contributed by atoms with Gasteiger partial charge in [0.15, 0.2) is 0 Å². The average molecular weight is 267 g/mol. The molecular formula is C14H19ClN2O. The third-order valence-electron chi connectivity index (χ3n) is 3.37. The topological polar surface area (TPSA) is 55.1 Å². The molecule has 98 valence electrons. The normalized spacial score (nSPS) is 17.1. The van der Waals surface area contributed by atoms with E-state index >= 15 is 0 Å². The highest BCUT2D eigenvalue weighted by atomic mass is 35.5. The summed E-state index contributed by atoms with van der Waals surface area (Å²) in [6, 6.07) is 3.61. The van der Waals surface area contributed by atoms with Crippen molar-refractivity contribution < 1.29 is 4.79 Å². The van der Waals surface area contributed by atoms with E-state index in [4.69, 9.17) is 17.3 Å². The second-order valence-corrected chi connectivity index (χ2v) is 6.36. The van der Waals surface area contributed by atoms with E-state index in [-0.39, 0.29) is 17.4 Å². The van der Waals surface area contributed by atoms with Crippen molar-refractivity contribution in [2.24, 2.45) is 11.1 Å². The van der Waals surface area contributed by atoms with Crippen molar-refractivity contribution in [1.29, 1.82) is 0 Å². The molecule has 0 spiro atoms. The van der Waals surface area contributed by atoms with Gasteiger partial charge in [0.1, 0.15) is 0 Å². The first-order chi connectivity index (χ1) is 8.29. The lowest BCUT2D eigenvalue weighted by atomic mass is 9.81. The summed E-state index contributed by atoms with van der Waals surface area (Å²) in [5.74, 6) is 0.0483. The zero-order valence-corrected chi connectivity index (χ0v) is 11.8. The summed E-state index contributed by atoms with van der Waals surface area (Å²) >= 11 is 6.14. The Labute approximate surface area is 113 Å². The van der Waals surface area contributed by atoms with Crippen LogP contribution >= 0.6 is 11.6 Å². The number of halogens is 1. The molecule has 1 aliphatic heterocycles. The number of benzene rings is 1. The number of nitrogens with one attached hydrogen (secondary N) is 1. The van der Waals surface area contributed by atoms with Gasteiger partial charge in [-0.3, -0.25) is 4.79 Å². The number of rotatable bonds is 1. The summed E-state index contributed by atoms with van der Waals surface area (Å²) in [7, 11) is 0. The molecule has 18 heavy (non-hydrogen) atoms. The fourth-order valence-electron chi connectivity index (χ4n) is 2.20. The van der Waals surface area contributed by atoms with Crippen molar-refractivity contribution in [2.45, 2.75) is 39.7 Å². The number of aryl methyl sites for hydroxylation is 1. The summed E-state index contributed by atoms with van der Waals surface area (Å²) in [6.45, 7) is 6.24. The lowest BCUT2D eigenvalue weighted by Gasteiger charge is -2.31. The van der Waals surface area contributed by atoms with Gasteiger partial charge >= 0.3 is 0 Å². The summed E-state index contributed by atoms with van der Waals surface area (Å²) < 4.78 is 0. The van der Waals surface area contributed by atoms with Crippen molar-refractivity contribution in [1.82, 2.24) is 0 Å². The summed E-state index contributed by atoms with van der Waals surface area (Å²) in [5, 5.41) is 3.61. The molecule has 3 nitrogen and oxygen atoms in total. The van der Waals surface area contributed by atoms with Gasteiger partial charge in [-0.25, -0.2) is 0 Å². The van der Waals surface area contributed by atoms with Gasteiger partial charge in [-0.2, -0.15) is 0 Å². The highest BCUT2D eigenvalue weighted by Gasteiger charge is 2.28. The van der Waals surface area contributed by atoms with E-state index in [1.54, 1.807) is 0 Å². The molecule has 1 aromatic rings. The number of amides is 1. The maximum Gasteiger partial charge on any atom is 0.224 e. The summed E-state index contributed by atoms with van der Waals surface area (Å²) in [4.78, 5) is 11.6. The van der Waals surface area contributed by atoms with Gasteiger partial charge < -0.3 is 11.1 Å². The third-order valence-corrected chi connectivity index (χ3v) is 3.59. The van der Waals surface area contributed by atoms with Crippen LogP contribution in [0.5, 0.6) is 0 Å². The quantitative estimate of drug-likeness (QED) is 0.820. The van der Waals surface area contributed by atoms with Crippen molar-refractivity contribution >= 4 is 23.2 Å². The molecule has 0 saturated carbocycles. The second kappa shape index (κ2) is 4.56. The molecule has 0 radical (unpaired) electrons.